The summed E-state index contributed by atoms with van der Waals surface area (Å²) in [5.74, 6) is -2.23. The molecule has 8 nitrogen and oxygen atoms in total. The first-order valence-electron chi connectivity index (χ1n) is 5.85. The second-order valence-electron chi connectivity index (χ2n) is 4.19. The quantitative estimate of drug-likeness (QED) is 0.570. The van der Waals surface area contributed by atoms with Crippen LogP contribution in [0.3, 0.4) is 0 Å². The van der Waals surface area contributed by atoms with Crippen molar-refractivity contribution in [2.24, 2.45) is 0 Å². The molecule has 3 N–H and O–H groups in total. The number of hydrogen-bond acceptors (Lipinski definition) is 6. The molecule has 0 saturated carbocycles. The van der Waals surface area contributed by atoms with Crippen molar-refractivity contribution in [3.8, 4) is 0 Å². The van der Waals surface area contributed by atoms with Crippen molar-refractivity contribution in [3.63, 3.8) is 0 Å². The smallest absolute Gasteiger partial charge is 0.335 e. The summed E-state index contributed by atoms with van der Waals surface area (Å²) in [7, 11) is -1.32. The molecule has 0 aromatic heterocycles. The van der Waals surface area contributed by atoms with Gasteiger partial charge in [0.1, 0.15) is 0 Å². The summed E-state index contributed by atoms with van der Waals surface area (Å²) >= 11 is 0. The Hall–Kier alpha value is -2.29. The molecule has 1 rings (SSSR count). The van der Waals surface area contributed by atoms with Gasteiger partial charge >= 0.3 is 11.9 Å². The Balaban J connectivity index is 2.99. The topological polar surface area (TPSA) is 127 Å². The summed E-state index contributed by atoms with van der Waals surface area (Å²) in [6.07, 6.45) is -0.281. The molecule has 0 bridgehead atoms. The number of rotatable bonds is 6. The zero-order chi connectivity index (χ0) is 16.2. The second-order valence-corrected chi connectivity index (χ2v) is 6.31. The van der Waals surface area contributed by atoms with Gasteiger partial charge in [-0.15, -0.1) is 0 Å². The van der Waals surface area contributed by atoms with Gasteiger partial charge in [0.05, 0.1) is 36.2 Å². The number of anilines is 2. The molecule has 0 fully saturated rings. The molecule has 21 heavy (non-hydrogen) atoms. The van der Waals surface area contributed by atoms with Gasteiger partial charge in [0.25, 0.3) is 0 Å². The molecule has 0 aliphatic heterocycles. The van der Waals surface area contributed by atoms with E-state index in [0.29, 0.717) is 0 Å². The fourth-order valence-corrected chi connectivity index (χ4v) is 2.74. The number of carbonyl (C=O) groups is 2. The summed E-state index contributed by atoms with van der Waals surface area (Å²) in [6.45, 7) is 0. The number of nitrogen functional groups attached to an aromatic ring is 1. The number of hydrogen-bond donors (Lipinski definition) is 2. The Kier molecular flexibility index (Phi) is 5.14. The largest absolute Gasteiger partial charge is 0.478 e. The average Bonchev–Trinajstić information content (AvgIpc) is 2.43. The lowest BCUT2D eigenvalue weighted by Gasteiger charge is -2.21. The fraction of sp³-hybridized carbons (Fsp3) is 0.333. The third-order valence-corrected chi connectivity index (χ3v) is 4.57. The van der Waals surface area contributed by atoms with Crippen molar-refractivity contribution in [2.75, 3.05) is 29.9 Å². The van der Waals surface area contributed by atoms with Crippen LogP contribution in [0, 0.1) is 0 Å². The standard InChI is InChI=1S/C12H16N2O6S/c1-14(21(18,19)6-5-11(15)20-2)10-4-3-8(12(16)17)7-9(10)13/h3-4,7H,5-6,13H2,1-2H3,(H,16,17). The minimum atomic E-state index is -3.77. The van der Waals surface area contributed by atoms with Gasteiger partial charge in [-0.2, -0.15) is 0 Å². The van der Waals surface area contributed by atoms with Gasteiger partial charge in [-0.3, -0.25) is 9.10 Å². The first-order chi connectivity index (χ1) is 9.69. The van der Waals surface area contributed by atoms with Gasteiger partial charge < -0.3 is 15.6 Å². The van der Waals surface area contributed by atoms with E-state index in [2.05, 4.69) is 4.74 Å². The van der Waals surface area contributed by atoms with E-state index in [-0.39, 0.29) is 23.4 Å². The van der Waals surface area contributed by atoms with Crippen molar-refractivity contribution >= 4 is 33.3 Å². The Morgan fingerprint density at radius 3 is 2.48 bits per heavy atom. The van der Waals surface area contributed by atoms with Gasteiger partial charge in [-0.05, 0) is 18.2 Å². The molecule has 0 saturated heterocycles. The Morgan fingerprint density at radius 1 is 1.38 bits per heavy atom. The van der Waals surface area contributed by atoms with Gasteiger partial charge in [0.15, 0.2) is 0 Å². The number of esters is 1. The maximum Gasteiger partial charge on any atom is 0.335 e. The summed E-state index contributed by atoms with van der Waals surface area (Å²) < 4.78 is 29.4. The number of benzene rings is 1. The molecule has 0 heterocycles. The highest BCUT2D eigenvalue weighted by Crippen LogP contribution is 2.26. The summed E-state index contributed by atoms with van der Waals surface area (Å²) in [5.41, 5.74) is 5.79. The highest BCUT2D eigenvalue weighted by molar-refractivity contribution is 7.92. The van der Waals surface area contributed by atoms with E-state index in [4.69, 9.17) is 10.8 Å². The maximum atomic E-state index is 12.1. The van der Waals surface area contributed by atoms with Crippen molar-refractivity contribution in [3.05, 3.63) is 23.8 Å². The molecule has 0 aliphatic rings. The molecule has 1 aromatic carbocycles. The number of ether oxygens (including phenoxy) is 1. The molecular formula is C12H16N2O6S. The van der Waals surface area contributed by atoms with E-state index in [1.54, 1.807) is 0 Å². The number of methoxy groups -OCH3 is 1. The van der Waals surface area contributed by atoms with E-state index in [1.165, 1.54) is 32.4 Å². The minimum Gasteiger partial charge on any atom is -0.478 e. The molecule has 0 spiro atoms. The molecule has 9 heteroatoms. The van der Waals surface area contributed by atoms with Crippen LogP contribution in [0.15, 0.2) is 18.2 Å². The number of sulfonamides is 1. The fourth-order valence-electron chi connectivity index (χ4n) is 1.58. The Bertz CT molecular complexity index is 656. The Labute approximate surface area is 122 Å². The molecule has 1 aromatic rings. The summed E-state index contributed by atoms with van der Waals surface area (Å²) in [4.78, 5) is 21.8. The third-order valence-electron chi connectivity index (χ3n) is 2.82. The molecule has 0 radical (unpaired) electrons. The number of nitrogens with zero attached hydrogens (tertiary/aromatic N) is 1. The molecule has 116 valence electrons. The molecular weight excluding hydrogens is 300 g/mol. The average molecular weight is 316 g/mol. The SMILES string of the molecule is COC(=O)CCS(=O)(=O)N(C)c1ccc(C(=O)O)cc1N. The minimum absolute atomic E-state index is 0.0130. The predicted molar refractivity (Wildman–Crippen MR) is 76.6 cm³/mol. The van der Waals surface area contributed by atoms with E-state index in [0.717, 1.165) is 4.31 Å². The first-order valence-corrected chi connectivity index (χ1v) is 7.46. The van der Waals surface area contributed by atoms with Crippen LogP contribution >= 0.6 is 0 Å². The lowest BCUT2D eigenvalue weighted by atomic mass is 10.2. The van der Waals surface area contributed by atoms with Crippen LogP contribution in [-0.2, 0) is 19.6 Å². The van der Waals surface area contributed by atoms with Crippen LogP contribution in [0.2, 0.25) is 0 Å². The number of carboxylic acid groups (broad SMARTS) is 1. The zero-order valence-corrected chi connectivity index (χ0v) is 12.4. The van der Waals surface area contributed by atoms with E-state index in [9.17, 15) is 18.0 Å². The van der Waals surface area contributed by atoms with Gasteiger partial charge in [-0.1, -0.05) is 0 Å². The van der Waals surface area contributed by atoms with E-state index in [1.807, 2.05) is 0 Å². The van der Waals surface area contributed by atoms with Gasteiger partial charge in [-0.25, -0.2) is 13.2 Å². The molecule has 0 amide bonds. The number of aromatic carboxylic acids is 1. The third kappa shape index (κ3) is 4.09. The zero-order valence-electron chi connectivity index (χ0n) is 11.6. The molecule has 0 atom stereocenters. The van der Waals surface area contributed by atoms with E-state index >= 15 is 0 Å². The normalized spacial score (nSPS) is 11.0. The van der Waals surface area contributed by atoms with Crippen molar-refractivity contribution in [1.29, 1.82) is 0 Å². The van der Waals surface area contributed by atoms with Crippen molar-refractivity contribution in [1.82, 2.24) is 0 Å². The number of carbonyl (C=O) groups excluding carboxylic acids is 1. The monoisotopic (exact) mass is 316 g/mol. The number of nitrogens with two attached hydrogens (primary N) is 1. The predicted octanol–water partition coefficient (Wildman–Crippen LogP) is 0.296. The van der Waals surface area contributed by atoms with Crippen LogP contribution < -0.4 is 10.0 Å². The lowest BCUT2D eigenvalue weighted by molar-refractivity contribution is -0.140. The van der Waals surface area contributed by atoms with Crippen molar-refractivity contribution < 1.29 is 27.9 Å². The van der Waals surface area contributed by atoms with Crippen LogP contribution in [0.4, 0.5) is 11.4 Å². The van der Waals surface area contributed by atoms with Crippen LogP contribution in [-0.4, -0.2) is 45.4 Å². The highest BCUT2D eigenvalue weighted by Gasteiger charge is 2.22. The number of carboxylic acids is 1. The molecule has 0 aliphatic carbocycles. The maximum absolute atomic E-state index is 12.1. The van der Waals surface area contributed by atoms with Crippen molar-refractivity contribution in [2.45, 2.75) is 6.42 Å². The van der Waals surface area contributed by atoms with Crippen LogP contribution in [0.25, 0.3) is 0 Å². The highest BCUT2D eigenvalue weighted by atomic mass is 32.2. The summed E-state index contributed by atoms with van der Waals surface area (Å²) in [5, 5.41) is 8.83. The van der Waals surface area contributed by atoms with Gasteiger partial charge in [0, 0.05) is 7.05 Å². The van der Waals surface area contributed by atoms with Gasteiger partial charge in [0.2, 0.25) is 10.0 Å². The Morgan fingerprint density at radius 2 is 2.00 bits per heavy atom. The lowest BCUT2D eigenvalue weighted by Crippen LogP contribution is -2.30. The van der Waals surface area contributed by atoms with E-state index < -0.39 is 27.7 Å². The van der Waals surface area contributed by atoms with Crippen LogP contribution in [0.1, 0.15) is 16.8 Å². The molecule has 0 unspecified atom stereocenters. The second kappa shape index (κ2) is 6.44. The summed E-state index contributed by atoms with van der Waals surface area (Å²) in [6, 6.07) is 3.72. The van der Waals surface area contributed by atoms with Crippen LogP contribution in [0.5, 0.6) is 0 Å². The first kappa shape index (κ1) is 16.8.